The highest BCUT2D eigenvalue weighted by atomic mass is 32.2. The van der Waals surface area contributed by atoms with Crippen molar-refractivity contribution in [3.05, 3.63) is 66.0 Å². The predicted molar refractivity (Wildman–Crippen MR) is 78.4 cm³/mol. The molecule has 0 aliphatic carbocycles. The second-order valence-corrected chi connectivity index (χ2v) is 5.97. The van der Waals surface area contributed by atoms with Crippen LogP contribution in [-0.2, 0) is 16.7 Å². The van der Waals surface area contributed by atoms with Crippen LogP contribution in [0.1, 0.15) is 11.1 Å². The number of hydrogen-bond acceptors (Lipinski definition) is 2. The van der Waals surface area contributed by atoms with E-state index in [2.05, 4.69) is 0 Å². The van der Waals surface area contributed by atoms with Crippen molar-refractivity contribution in [2.75, 3.05) is 5.75 Å². The molecular formula is C15H16NO3S+. The van der Waals surface area contributed by atoms with Crippen LogP contribution in [-0.4, -0.2) is 18.7 Å². The Labute approximate surface area is 118 Å². The summed E-state index contributed by atoms with van der Waals surface area (Å²) in [6.07, 6.45) is 7.58. The molecule has 0 radical (unpaired) electrons. The van der Waals surface area contributed by atoms with Gasteiger partial charge in [0.1, 0.15) is 5.75 Å². The van der Waals surface area contributed by atoms with Gasteiger partial charge in [-0.3, -0.25) is 4.55 Å². The molecule has 0 saturated carbocycles. The topological polar surface area (TPSA) is 58.3 Å². The fraction of sp³-hybridized carbons (Fsp3) is 0.133. The van der Waals surface area contributed by atoms with Gasteiger partial charge in [-0.15, -0.1) is 0 Å². The van der Waals surface area contributed by atoms with Crippen LogP contribution in [0.15, 0.2) is 54.9 Å². The van der Waals surface area contributed by atoms with Gasteiger partial charge in [0.25, 0.3) is 10.1 Å². The van der Waals surface area contributed by atoms with Gasteiger partial charge >= 0.3 is 0 Å². The second kappa shape index (κ2) is 6.45. The maximum atomic E-state index is 10.7. The first-order valence-electron chi connectivity index (χ1n) is 6.20. The van der Waals surface area contributed by atoms with E-state index in [0.29, 0.717) is 0 Å². The Kier molecular flexibility index (Phi) is 4.65. The van der Waals surface area contributed by atoms with Crippen LogP contribution < -0.4 is 4.57 Å². The Hall–Kier alpha value is -1.98. The highest BCUT2D eigenvalue weighted by Crippen LogP contribution is 2.06. The Morgan fingerprint density at radius 3 is 2.05 bits per heavy atom. The number of nitrogens with zero attached hydrogens (tertiary/aromatic N) is 1. The largest absolute Gasteiger partial charge is 0.285 e. The van der Waals surface area contributed by atoms with Crippen molar-refractivity contribution in [3.8, 4) is 0 Å². The quantitative estimate of drug-likeness (QED) is 0.677. The molecule has 2 rings (SSSR count). The van der Waals surface area contributed by atoms with E-state index in [9.17, 15) is 8.42 Å². The summed E-state index contributed by atoms with van der Waals surface area (Å²) in [6, 6.07) is 13.8. The van der Waals surface area contributed by atoms with Crippen LogP contribution in [0.4, 0.5) is 0 Å². The summed E-state index contributed by atoms with van der Waals surface area (Å²) in [6.45, 7) is 0.238. The normalized spacial score (nSPS) is 11.8. The molecule has 1 aromatic carbocycles. The summed E-state index contributed by atoms with van der Waals surface area (Å²) in [4.78, 5) is 0. The molecule has 0 aliphatic heterocycles. The number of aromatic nitrogens is 1. The predicted octanol–water partition coefficient (Wildman–Crippen LogP) is 2.03. The molecule has 2 aromatic rings. The van der Waals surface area contributed by atoms with Crippen molar-refractivity contribution < 1.29 is 17.5 Å². The van der Waals surface area contributed by atoms with Crippen molar-refractivity contribution in [2.24, 2.45) is 0 Å². The van der Waals surface area contributed by atoms with Gasteiger partial charge < -0.3 is 0 Å². The van der Waals surface area contributed by atoms with Crippen LogP contribution in [0.5, 0.6) is 0 Å². The third-order valence-corrected chi connectivity index (χ3v) is 3.49. The molecule has 0 spiro atoms. The molecule has 1 heterocycles. The van der Waals surface area contributed by atoms with Crippen LogP contribution in [0.3, 0.4) is 0 Å². The lowest BCUT2D eigenvalue weighted by Gasteiger charge is -1.96. The maximum absolute atomic E-state index is 10.7. The fourth-order valence-corrected chi connectivity index (χ4v) is 2.15. The number of pyridine rings is 1. The molecule has 5 heteroatoms. The highest BCUT2D eigenvalue weighted by molar-refractivity contribution is 7.85. The van der Waals surface area contributed by atoms with E-state index < -0.39 is 10.1 Å². The molecule has 0 amide bonds. The molecule has 0 aliphatic rings. The van der Waals surface area contributed by atoms with Crippen molar-refractivity contribution in [2.45, 2.75) is 6.54 Å². The van der Waals surface area contributed by atoms with Crippen molar-refractivity contribution in [1.82, 2.24) is 0 Å². The molecule has 0 fully saturated rings. The Morgan fingerprint density at radius 1 is 0.950 bits per heavy atom. The zero-order chi connectivity index (χ0) is 14.4. The lowest BCUT2D eigenvalue weighted by molar-refractivity contribution is -0.692. The van der Waals surface area contributed by atoms with Gasteiger partial charge in [0.2, 0.25) is 0 Å². The van der Waals surface area contributed by atoms with Gasteiger partial charge in [0.15, 0.2) is 18.9 Å². The Morgan fingerprint density at radius 2 is 1.50 bits per heavy atom. The molecule has 1 N–H and O–H groups in total. The molecule has 0 bridgehead atoms. The van der Waals surface area contributed by atoms with Crippen molar-refractivity contribution in [3.63, 3.8) is 0 Å². The van der Waals surface area contributed by atoms with Crippen LogP contribution in [0, 0.1) is 0 Å². The third-order valence-electron chi connectivity index (χ3n) is 2.79. The maximum Gasteiger partial charge on any atom is 0.271 e. The van der Waals surface area contributed by atoms with Crippen LogP contribution in [0.25, 0.3) is 12.2 Å². The van der Waals surface area contributed by atoms with E-state index in [-0.39, 0.29) is 12.3 Å². The molecule has 0 saturated heterocycles. The molecular weight excluding hydrogens is 274 g/mol. The lowest BCUT2D eigenvalue weighted by Crippen LogP contribution is -2.36. The van der Waals surface area contributed by atoms with Gasteiger partial charge in [-0.25, -0.2) is 4.57 Å². The first kappa shape index (κ1) is 14.4. The number of benzene rings is 1. The molecule has 0 unspecified atom stereocenters. The zero-order valence-corrected chi connectivity index (χ0v) is 11.7. The summed E-state index contributed by atoms with van der Waals surface area (Å²) in [7, 11) is -3.91. The van der Waals surface area contributed by atoms with Crippen molar-refractivity contribution >= 4 is 22.3 Å². The SMILES string of the molecule is O=S(=O)(O)CC[n+]1ccc(/C=C\c2ccccc2)cc1. The number of rotatable bonds is 5. The second-order valence-electron chi connectivity index (χ2n) is 4.40. The van der Waals surface area contributed by atoms with E-state index in [4.69, 9.17) is 4.55 Å². The summed E-state index contributed by atoms with van der Waals surface area (Å²) < 4.78 is 31.7. The average molecular weight is 290 g/mol. The van der Waals surface area contributed by atoms with E-state index in [1.165, 1.54) is 0 Å². The first-order valence-corrected chi connectivity index (χ1v) is 7.81. The van der Waals surface area contributed by atoms with E-state index in [1.807, 2.05) is 54.6 Å². The van der Waals surface area contributed by atoms with Crippen LogP contribution >= 0.6 is 0 Å². The average Bonchev–Trinajstić information content (AvgIpc) is 2.44. The van der Waals surface area contributed by atoms with E-state index in [0.717, 1.165) is 11.1 Å². The van der Waals surface area contributed by atoms with Gasteiger partial charge in [-0.2, -0.15) is 8.42 Å². The third kappa shape index (κ3) is 4.95. The number of hydrogen-bond donors (Lipinski definition) is 1. The molecule has 1 aromatic heterocycles. The van der Waals surface area contributed by atoms with Crippen LogP contribution in [0.2, 0.25) is 0 Å². The standard InChI is InChI=1S/C15H15NO3S/c17-20(18,19)13-12-16-10-8-15(9-11-16)7-6-14-4-2-1-3-5-14/h1-11H,12-13H2/p+1/b7-6-. The summed E-state index contributed by atoms with van der Waals surface area (Å²) >= 11 is 0. The zero-order valence-electron chi connectivity index (χ0n) is 10.9. The lowest BCUT2D eigenvalue weighted by atomic mass is 10.1. The minimum atomic E-state index is -3.91. The van der Waals surface area contributed by atoms with Gasteiger partial charge in [-0.1, -0.05) is 42.5 Å². The number of aryl methyl sites for hydroxylation is 1. The fourth-order valence-electron chi connectivity index (χ4n) is 1.71. The van der Waals surface area contributed by atoms with Gasteiger partial charge in [-0.05, 0) is 11.1 Å². The van der Waals surface area contributed by atoms with Gasteiger partial charge in [0, 0.05) is 12.1 Å². The smallest absolute Gasteiger partial charge is 0.271 e. The minimum absolute atomic E-state index is 0.238. The Bertz CT molecular complexity index is 677. The first-order chi connectivity index (χ1) is 9.53. The summed E-state index contributed by atoms with van der Waals surface area (Å²) in [5.74, 6) is -0.281. The molecule has 20 heavy (non-hydrogen) atoms. The summed E-state index contributed by atoms with van der Waals surface area (Å²) in [5, 5.41) is 0. The minimum Gasteiger partial charge on any atom is -0.285 e. The Balaban J connectivity index is 2.00. The van der Waals surface area contributed by atoms with Gasteiger partial charge in [0.05, 0.1) is 0 Å². The molecule has 104 valence electrons. The molecule has 4 nitrogen and oxygen atoms in total. The monoisotopic (exact) mass is 290 g/mol. The van der Waals surface area contributed by atoms with Crippen molar-refractivity contribution in [1.29, 1.82) is 0 Å². The van der Waals surface area contributed by atoms with E-state index >= 15 is 0 Å². The van der Waals surface area contributed by atoms with E-state index in [1.54, 1.807) is 17.0 Å². The molecule has 0 atom stereocenters. The highest BCUT2D eigenvalue weighted by Gasteiger charge is 2.08. The summed E-state index contributed by atoms with van der Waals surface area (Å²) in [5.41, 5.74) is 2.15.